The summed E-state index contributed by atoms with van der Waals surface area (Å²) in [5, 5.41) is 6.78. The number of thioether (sulfide) groups is 1. The van der Waals surface area contributed by atoms with E-state index in [1.807, 2.05) is 77.0 Å². The van der Waals surface area contributed by atoms with Crippen molar-refractivity contribution >= 4 is 29.0 Å². The van der Waals surface area contributed by atoms with Crippen LogP contribution in [0.5, 0.6) is 0 Å². The van der Waals surface area contributed by atoms with Crippen LogP contribution in [-0.4, -0.2) is 26.7 Å². The highest BCUT2D eigenvalue weighted by atomic mass is 32.2. The number of benzene rings is 2. The van der Waals surface area contributed by atoms with Crippen LogP contribution in [0.2, 0.25) is 0 Å². The summed E-state index contributed by atoms with van der Waals surface area (Å²) in [6.07, 6.45) is 7.39. The molecule has 2 heterocycles. The molecule has 140 valence electrons. The van der Waals surface area contributed by atoms with E-state index in [4.69, 9.17) is 0 Å². The van der Waals surface area contributed by atoms with Crippen LogP contribution >= 0.6 is 23.1 Å². The Balaban J connectivity index is 1.63. The molecule has 0 saturated carbocycles. The van der Waals surface area contributed by atoms with Crippen molar-refractivity contribution in [1.82, 2.24) is 19.9 Å². The average Bonchev–Trinajstić information content (AvgIpc) is 3.44. The van der Waals surface area contributed by atoms with Crippen molar-refractivity contribution in [3.8, 4) is 5.69 Å². The molecular formula is C21H18N4OS2. The monoisotopic (exact) mass is 406 g/mol. The van der Waals surface area contributed by atoms with Crippen molar-refractivity contribution in [1.29, 1.82) is 0 Å². The molecule has 0 bridgehead atoms. The molecule has 4 rings (SSSR count). The molecule has 4 aromatic rings. The molecule has 0 aliphatic rings. The summed E-state index contributed by atoms with van der Waals surface area (Å²) in [5.41, 5.74) is 2.50. The second-order valence-electron chi connectivity index (χ2n) is 6.02. The van der Waals surface area contributed by atoms with Gasteiger partial charge in [-0.25, -0.2) is 9.97 Å². The molecule has 28 heavy (non-hydrogen) atoms. The predicted octanol–water partition coefficient (Wildman–Crippen LogP) is 4.57. The number of hydrogen-bond acceptors (Lipinski definition) is 5. The normalized spacial score (nSPS) is 11.9. The number of thiazole rings is 1. The van der Waals surface area contributed by atoms with Gasteiger partial charge in [-0.2, -0.15) is 0 Å². The molecule has 2 aromatic carbocycles. The molecule has 0 fully saturated rings. The van der Waals surface area contributed by atoms with E-state index < -0.39 is 0 Å². The fourth-order valence-electron chi connectivity index (χ4n) is 2.96. The molecule has 1 N–H and O–H groups in total. The van der Waals surface area contributed by atoms with Crippen molar-refractivity contribution in [3.63, 3.8) is 0 Å². The average molecular weight is 407 g/mol. The van der Waals surface area contributed by atoms with Gasteiger partial charge in [0, 0.05) is 35.2 Å². The second-order valence-corrected chi connectivity index (χ2v) is 7.72. The number of rotatable bonds is 6. The summed E-state index contributed by atoms with van der Waals surface area (Å²) in [6, 6.07) is 17.1. The summed E-state index contributed by atoms with van der Waals surface area (Å²) in [5.74, 6) is -0.142. The summed E-state index contributed by atoms with van der Waals surface area (Å²) < 4.78 is 1.97. The maximum absolute atomic E-state index is 13.0. The van der Waals surface area contributed by atoms with Gasteiger partial charge >= 0.3 is 0 Å². The topological polar surface area (TPSA) is 59.8 Å². The van der Waals surface area contributed by atoms with Crippen LogP contribution < -0.4 is 5.32 Å². The van der Waals surface area contributed by atoms with E-state index in [1.165, 1.54) is 11.3 Å². The third kappa shape index (κ3) is 3.85. The largest absolute Gasteiger partial charge is 0.339 e. The SMILES string of the molecule is CSc1nccn1-c1cccc(C(=O)NC(c2ccccc2)c2nccs2)c1. The molecule has 1 unspecified atom stereocenters. The van der Waals surface area contributed by atoms with E-state index in [9.17, 15) is 4.79 Å². The van der Waals surface area contributed by atoms with Crippen LogP contribution in [0, 0.1) is 0 Å². The lowest BCUT2D eigenvalue weighted by molar-refractivity contribution is 0.0943. The number of aromatic nitrogens is 3. The van der Waals surface area contributed by atoms with E-state index in [-0.39, 0.29) is 11.9 Å². The molecule has 2 aromatic heterocycles. The molecule has 0 saturated heterocycles. The molecule has 0 aliphatic carbocycles. The van der Waals surface area contributed by atoms with Gasteiger partial charge in [-0.15, -0.1) is 11.3 Å². The third-order valence-electron chi connectivity index (χ3n) is 4.28. The van der Waals surface area contributed by atoms with Gasteiger partial charge in [-0.3, -0.25) is 9.36 Å². The van der Waals surface area contributed by atoms with Gasteiger partial charge in [0.1, 0.15) is 11.0 Å². The summed E-state index contributed by atoms with van der Waals surface area (Å²) >= 11 is 3.09. The minimum absolute atomic E-state index is 0.142. The number of nitrogens with zero attached hydrogens (tertiary/aromatic N) is 3. The van der Waals surface area contributed by atoms with E-state index in [0.29, 0.717) is 5.56 Å². The van der Waals surface area contributed by atoms with Gasteiger partial charge in [0.15, 0.2) is 5.16 Å². The Bertz CT molecular complexity index is 1060. The minimum atomic E-state index is -0.285. The van der Waals surface area contributed by atoms with Gasteiger partial charge in [0.05, 0.1) is 0 Å². The Hall–Kier alpha value is -2.90. The lowest BCUT2D eigenvalue weighted by Gasteiger charge is -2.17. The van der Waals surface area contributed by atoms with Crippen molar-refractivity contribution in [3.05, 3.63) is 94.7 Å². The maximum Gasteiger partial charge on any atom is 0.252 e. The molecule has 7 heteroatoms. The quantitative estimate of drug-likeness (QED) is 0.477. The molecule has 1 atom stereocenters. The first-order valence-electron chi connectivity index (χ1n) is 8.69. The first-order chi connectivity index (χ1) is 13.8. The van der Waals surface area contributed by atoms with Crippen molar-refractivity contribution < 1.29 is 4.79 Å². The van der Waals surface area contributed by atoms with Gasteiger partial charge in [0.25, 0.3) is 5.91 Å². The molecule has 0 spiro atoms. The maximum atomic E-state index is 13.0. The van der Waals surface area contributed by atoms with Crippen LogP contribution in [0.4, 0.5) is 0 Å². The van der Waals surface area contributed by atoms with Crippen molar-refractivity contribution in [2.24, 2.45) is 0 Å². The number of hydrogen-bond donors (Lipinski definition) is 1. The van der Waals surface area contributed by atoms with Gasteiger partial charge in [0.2, 0.25) is 0 Å². The first kappa shape index (κ1) is 18.5. The zero-order chi connectivity index (χ0) is 19.3. The number of carbonyl (C=O) groups excluding carboxylic acids is 1. The van der Waals surface area contributed by atoms with Gasteiger partial charge in [-0.05, 0) is 30.0 Å². The summed E-state index contributed by atoms with van der Waals surface area (Å²) in [6.45, 7) is 0. The highest BCUT2D eigenvalue weighted by Crippen LogP contribution is 2.25. The van der Waals surface area contributed by atoms with Crippen LogP contribution in [0.25, 0.3) is 5.69 Å². The number of amides is 1. The number of nitrogens with one attached hydrogen (secondary N) is 1. The number of carbonyl (C=O) groups is 1. The predicted molar refractivity (Wildman–Crippen MR) is 113 cm³/mol. The highest BCUT2D eigenvalue weighted by Gasteiger charge is 2.20. The third-order valence-corrected chi connectivity index (χ3v) is 5.79. The standard InChI is InChI=1S/C21H18N4OS2/c1-27-21-23-10-12-25(21)17-9-5-8-16(14-17)19(26)24-18(20-22-11-13-28-20)15-6-3-2-4-7-15/h2-14,18H,1H3,(H,24,26). The molecular weight excluding hydrogens is 388 g/mol. The van der Waals surface area contributed by atoms with E-state index in [0.717, 1.165) is 21.4 Å². The van der Waals surface area contributed by atoms with Crippen molar-refractivity contribution in [2.75, 3.05) is 6.26 Å². The first-order valence-corrected chi connectivity index (χ1v) is 10.8. The zero-order valence-electron chi connectivity index (χ0n) is 15.1. The minimum Gasteiger partial charge on any atom is -0.339 e. The van der Waals surface area contributed by atoms with Crippen LogP contribution in [-0.2, 0) is 0 Å². The fourth-order valence-corrected chi connectivity index (χ4v) is 4.20. The summed E-state index contributed by atoms with van der Waals surface area (Å²) in [7, 11) is 0. The second kappa shape index (κ2) is 8.41. The van der Waals surface area contributed by atoms with Crippen molar-refractivity contribution in [2.45, 2.75) is 11.2 Å². The fraction of sp³-hybridized carbons (Fsp3) is 0.0952. The van der Waals surface area contributed by atoms with E-state index >= 15 is 0 Å². The summed E-state index contributed by atoms with van der Waals surface area (Å²) in [4.78, 5) is 21.8. The Labute approximate surface area is 171 Å². The van der Waals surface area contributed by atoms with E-state index in [2.05, 4.69) is 15.3 Å². The van der Waals surface area contributed by atoms with Crippen LogP contribution in [0.3, 0.4) is 0 Å². The Morgan fingerprint density at radius 2 is 1.96 bits per heavy atom. The van der Waals surface area contributed by atoms with Gasteiger partial charge in [-0.1, -0.05) is 48.2 Å². The van der Waals surface area contributed by atoms with Crippen LogP contribution in [0.15, 0.2) is 83.7 Å². The lowest BCUT2D eigenvalue weighted by Crippen LogP contribution is -2.29. The van der Waals surface area contributed by atoms with Crippen LogP contribution in [0.1, 0.15) is 27.0 Å². The Morgan fingerprint density at radius 3 is 2.71 bits per heavy atom. The van der Waals surface area contributed by atoms with Gasteiger partial charge < -0.3 is 5.32 Å². The molecule has 1 amide bonds. The molecule has 0 aliphatic heterocycles. The highest BCUT2D eigenvalue weighted by molar-refractivity contribution is 7.98. The van der Waals surface area contributed by atoms with E-state index in [1.54, 1.807) is 24.2 Å². The zero-order valence-corrected chi connectivity index (χ0v) is 16.8. The molecule has 5 nitrogen and oxygen atoms in total. The molecule has 0 radical (unpaired) electrons. The smallest absolute Gasteiger partial charge is 0.252 e. The lowest BCUT2D eigenvalue weighted by atomic mass is 10.1. The Kier molecular flexibility index (Phi) is 5.55. The number of imidazole rings is 1. The Morgan fingerprint density at radius 1 is 1.11 bits per heavy atom.